The van der Waals surface area contributed by atoms with E-state index in [0.717, 1.165) is 5.56 Å². The summed E-state index contributed by atoms with van der Waals surface area (Å²) in [6.45, 7) is 3.07. The molecule has 2 rings (SSSR count). The van der Waals surface area contributed by atoms with Crippen molar-refractivity contribution in [2.24, 2.45) is 0 Å². The number of amides is 1. The highest BCUT2D eigenvalue weighted by Crippen LogP contribution is 2.26. The predicted octanol–water partition coefficient (Wildman–Crippen LogP) is 1.57. The first kappa shape index (κ1) is 9.64. The number of nitro benzene ring substituents is 1. The molecule has 0 saturated carbocycles. The molecule has 0 atom stereocenters. The van der Waals surface area contributed by atoms with Crippen LogP contribution in [0.25, 0.3) is 0 Å². The van der Waals surface area contributed by atoms with Crippen LogP contribution in [0.2, 0.25) is 0 Å². The van der Waals surface area contributed by atoms with Crippen molar-refractivity contribution >= 4 is 11.6 Å². The fourth-order valence-electron chi connectivity index (χ4n) is 1.72. The topological polar surface area (TPSA) is 63.4 Å². The molecule has 1 heterocycles. The molecule has 1 aromatic carbocycles. The lowest BCUT2D eigenvalue weighted by Crippen LogP contribution is -2.22. The largest absolute Gasteiger partial charge is 0.335 e. The Morgan fingerprint density at radius 2 is 2.27 bits per heavy atom. The smallest absolute Gasteiger partial charge is 0.270 e. The average molecular weight is 206 g/mol. The average Bonchev–Trinajstić information content (AvgIpc) is 2.55. The highest BCUT2D eigenvalue weighted by molar-refractivity contribution is 5.98. The molecule has 0 unspecified atom stereocenters. The molecule has 1 aliphatic heterocycles. The molecule has 5 heteroatoms. The zero-order valence-electron chi connectivity index (χ0n) is 8.27. The molecular weight excluding hydrogens is 196 g/mol. The molecule has 0 fully saturated rings. The SMILES string of the molecule is CCN1Cc2ccc([N+](=O)[O-])cc2C1=O. The van der Waals surface area contributed by atoms with Crippen LogP contribution in [-0.4, -0.2) is 22.3 Å². The Bertz CT molecular complexity index is 442. The van der Waals surface area contributed by atoms with E-state index in [0.29, 0.717) is 18.7 Å². The molecule has 0 spiro atoms. The second-order valence-electron chi connectivity index (χ2n) is 3.42. The fraction of sp³-hybridized carbons (Fsp3) is 0.300. The summed E-state index contributed by atoms with van der Waals surface area (Å²) in [6.07, 6.45) is 0. The Balaban J connectivity index is 2.44. The first-order chi connectivity index (χ1) is 7.13. The quantitative estimate of drug-likeness (QED) is 0.545. The summed E-state index contributed by atoms with van der Waals surface area (Å²) in [5.41, 5.74) is 1.30. The monoisotopic (exact) mass is 206 g/mol. The van der Waals surface area contributed by atoms with Gasteiger partial charge in [-0.3, -0.25) is 14.9 Å². The molecule has 78 valence electrons. The zero-order valence-corrected chi connectivity index (χ0v) is 8.27. The van der Waals surface area contributed by atoms with Crippen molar-refractivity contribution in [1.82, 2.24) is 4.90 Å². The molecular formula is C10H10N2O3. The Morgan fingerprint density at radius 1 is 1.53 bits per heavy atom. The second kappa shape index (κ2) is 3.34. The number of nitro groups is 1. The van der Waals surface area contributed by atoms with Crippen LogP contribution in [0.3, 0.4) is 0 Å². The van der Waals surface area contributed by atoms with Crippen molar-refractivity contribution in [3.63, 3.8) is 0 Å². The van der Waals surface area contributed by atoms with Gasteiger partial charge < -0.3 is 4.90 Å². The number of rotatable bonds is 2. The maximum Gasteiger partial charge on any atom is 0.270 e. The molecule has 15 heavy (non-hydrogen) atoms. The second-order valence-corrected chi connectivity index (χ2v) is 3.42. The standard InChI is InChI=1S/C10H10N2O3/c1-2-11-6-7-3-4-8(12(14)15)5-9(7)10(11)13/h3-5H,2,6H2,1H3. The van der Waals surface area contributed by atoms with Crippen molar-refractivity contribution in [3.05, 3.63) is 39.4 Å². The Hall–Kier alpha value is -1.91. The lowest BCUT2D eigenvalue weighted by Gasteiger charge is -2.10. The van der Waals surface area contributed by atoms with E-state index in [2.05, 4.69) is 0 Å². The third kappa shape index (κ3) is 1.45. The van der Waals surface area contributed by atoms with Crippen LogP contribution in [-0.2, 0) is 6.54 Å². The Kier molecular flexibility index (Phi) is 2.15. The van der Waals surface area contributed by atoms with Crippen LogP contribution in [0.15, 0.2) is 18.2 Å². The van der Waals surface area contributed by atoms with Gasteiger partial charge in [0.05, 0.1) is 10.5 Å². The molecule has 0 radical (unpaired) electrons. The summed E-state index contributed by atoms with van der Waals surface area (Å²) >= 11 is 0. The van der Waals surface area contributed by atoms with E-state index in [9.17, 15) is 14.9 Å². The van der Waals surface area contributed by atoms with Crippen molar-refractivity contribution in [2.45, 2.75) is 13.5 Å². The number of carbonyl (C=O) groups is 1. The number of hydrogen-bond donors (Lipinski definition) is 0. The van der Waals surface area contributed by atoms with E-state index in [1.165, 1.54) is 12.1 Å². The van der Waals surface area contributed by atoms with E-state index >= 15 is 0 Å². The third-order valence-corrected chi connectivity index (χ3v) is 2.56. The van der Waals surface area contributed by atoms with E-state index in [1.807, 2.05) is 6.92 Å². The Morgan fingerprint density at radius 3 is 2.87 bits per heavy atom. The van der Waals surface area contributed by atoms with Crippen LogP contribution < -0.4 is 0 Å². The van der Waals surface area contributed by atoms with E-state index in [1.54, 1.807) is 11.0 Å². The van der Waals surface area contributed by atoms with Crippen LogP contribution in [0.4, 0.5) is 5.69 Å². The maximum absolute atomic E-state index is 11.7. The van der Waals surface area contributed by atoms with Crippen LogP contribution >= 0.6 is 0 Å². The number of nitrogens with zero attached hydrogens (tertiary/aromatic N) is 2. The van der Waals surface area contributed by atoms with Gasteiger partial charge in [-0.05, 0) is 18.6 Å². The molecule has 0 saturated heterocycles. The van der Waals surface area contributed by atoms with E-state index in [4.69, 9.17) is 0 Å². The number of non-ortho nitro benzene ring substituents is 1. The third-order valence-electron chi connectivity index (χ3n) is 2.56. The van der Waals surface area contributed by atoms with Crippen molar-refractivity contribution < 1.29 is 9.72 Å². The maximum atomic E-state index is 11.7. The fourth-order valence-corrected chi connectivity index (χ4v) is 1.72. The van der Waals surface area contributed by atoms with Gasteiger partial charge in [0.15, 0.2) is 0 Å². The van der Waals surface area contributed by atoms with E-state index < -0.39 is 4.92 Å². The molecule has 0 N–H and O–H groups in total. The van der Waals surface area contributed by atoms with Crippen LogP contribution in [0, 0.1) is 10.1 Å². The number of hydrogen-bond acceptors (Lipinski definition) is 3. The molecule has 0 aromatic heterocycles. The summed E-state index contributed by atoms with van der Waals surface area (Å²) in [7, 11) is 0. The molecule has 0 bridgehead atoms. The molecule has 5 nitrogen and oxygen atoms in total. The van der Waals surface area contributed by atoms with Gasteiger partial charge in [-0.2, -0.15) is 0 Å². The number of benzene rings is 1. The van der Waals surface area contributed by atoms with Crippen molar-refractivity contribution in [2.75, 3.05) is 6.54 Å². The Labute approximate surface area is 86.5 Å². The highest BCUT2D eigenvalue weighted by Gasteiger charge is 2.27. The summed E-state index contributed by atoms with van der Waals surface area (Å²) in [5.74, 6) is -0.115. The predicted molar refractivity (Wildman–Crippen MR) is 53.5 cm³/mol. The summed E-state index contributed by atoms with van der Waals surface area (Å²) in [5, 5.41) is 10.5. The van der Waals surface area contributed by atoms with Gasteiger partial charge in [0.2, 0.25) is 0 Å². The van der Waals surface area contributed by atoms with E-state index in [-0.39, 0.29) is 11.6 Å². The normalized spacial score (nSPS) is 14.2. The van der Waals surface area contributed by atoms with Gasteiger partial charge in [-0.25, -0.2) is 0 Å². The summed E-state index contributed by atoms with van der Waals surface area (Å²) in [4.78, 5) is 23.4. The minimum Gasteiger partial charge on any atom is -0.335 e. The van der Waals surface area contributed by atoms with Crippen molar-refractivity contribution in [3.8, 4) is 0 Å². The lowest BCUT2D eigenvalue weighted by molar-refractivity contribution is -0.384. The molecule has 1 amide bonds. The number of carbonyl (C=O) groups excluding carboxylic acids is 1. The summed E-state index contributed by atoms with van der Waals surface area (Å²) in [6, 6.07) is 4.44. The van der Waals surface area contributed by atoms with Gasteiger partial charge in [0, 0.05) is 25.2 Å². The van der Waals surface area contributed by atoms with Gasteiger partial charge in [0.1, 0.15) is 0 Å². The minimum atomic E-state index is -0.484. The minimum absolute atomic E-state index is 0.0277. The molecule has 0 aliphatic carbocycles. The van der Waals surface area contributed by atoms with Gasteiger partial charge in [-0.15, -0.1) is 0 Å². The van der Waals surface area contributed by atoms with Gasteiger partial charge in [0.25, 0.3) is 11.6 Å². The lowest BCUT2D eigenvalue weighted by atomic mass is 10.1. The van der Waals surface area contributed by atoms with Crippen LogP contribution in [0.5, 0.6) is 0 Å². The summed E-state index contributed by atoms with van der Waals surface area (Å²) < 4.78 is 0. The highest BCUT2D eigenvalue weighted by atomic mass is 16.6. The van der Waals surface area contributed by atoms with Crippen molar-refractivity contribution in [1.29, 1.82) is 0 Å². The molecule has 1 aromatic rings. The first-order valence-electron chi connectivity index (χ1n) is 4.70. The molecule has 1 aliphatic rings. The van der Waals surface area contributed by atoms with Gasteiger partial charge in [-0.1, -0.05) is 0 Å². The first-order valence-corrected chi connectivity index (χ1v) is 4.70. The number of fused-ring (bicyclic) bond motifs is 1. The zero-order chi connectivity index (χ0) is 11.0. The van der Waals surface area contributed by atoms with Gasteiger partial charge >= 0.3 is 0 Å². The van der Waals surface area contributed by atoms with Crippen LogP contribution in [0.1, 0.15) is 22.8 Å².